The highest BCUT2D eigenvalue weighted by atomic mass is 16.5. The molecule has 0 aromatic carbocycles. The van der Waals surface area contributed by atoms with E-state index in [1.54, 1.807) is 6.92 Å². The molecule has 0 rings (SSSR count). The van der Waals surface area contributed by atoms with Crippen LogP contribution in [0.2, 0.25) is 0 Å². The van der Waals surface area contributed by atoms with Crippen molar-refractivity contribution in [3.63, 3.8) is 0 Å². The molecular weight excluding hydrogens is 284 g/mol. The van der Waals surface area contributed by atoms with Crippen LogP contribution in [0.15, 0.2) is 12.2 Å². The maximum atomic E-state index is 11.2. The molecule has 1 N–H and O–H groups in total. The van der Waals surface area contributed by atoms with Gasteiger partial charge in [0.05, 0.1) is 45.6 Å². The lowest BCUT2D eigenvalue weighted by atomic mass is 10.1. The Kier molecular flexibility index (Phi) is 12.0. The zero-order valence-corrected chi connectivity index (χ0v) is 14.4. The summed E-state index contributed by atoms with van der Waals surface area (Å²) < 4.78 is 5.47. The minimum absolute atomic E-state index is 0.0428. The number of quaternary nitrogens is 1. The van der Waals surface area contributed by atoms with Gasteiger partial charge in [0.2, 0.25) is 0 Å². The summed E-state index contributed by atoms with van der Waals surface area (Å²) in [5.74, 6) is -1.71. The van der Waals surface area contributed by atoms with Crippen LogP contribution in [0.5, 0.6) is 0 Å². The van der Waals surface area contributed by atoms with Gasteiger partial charge in [-0.2, -0.15) is 5.26 Å². The number of carboxylic acids is 1. The average molecular weight is 313 g/mol. The fraction of sp³-hybridized carbons (Fsp3) is 0.688. The molecule has 0 aliphatic carbocycles. The molecule has 22 heavy (non-hydrogen) atoms. The Morgan fingerprint density at radius 1 is 1.32 bits per heavy atom. The van der Waals surface area contributed by atoms with Gasteiger partial charge in [-0.25, -0.2) is 4.79 Å². The van der Waals surface area contributed by atoms with Crippen molar-refractivity contribution in [2.45, 2.75) is 33.6 Å². The molecule has 0 aromatic heterocycles. The lowest BCUT2D eigenvalue weighted by Gasteiger charge is -2.29. The van der Waals surface area contributed by atoms with Crippen molar-refractivity contribution in [3.05, 3.63) is 12.2 Å². The van der Waals surface area contributed by atoms with Gasteiger partial charge in [-0.05, 0) is 6.92 Å². The standard InChI is InChI=1S/C14H22N2O4.C2H6/c1-11(2)14(19)20-10-12(9-15)5-7-16(3,4)8-6-13(17)18;1-2/h12H,1,5-8,10H2,2-4H3;1-2H3/p+1. The van der Waals surface area contributed by atoms with Gasteiger partial charge in [0.15, 0.2) is 0 Å². The van der Waals surface area contributed by atoms with Gasteiger partial charge in [0, 0.05) is 12.0 Å². The van der Waals surface area contributed by atoms with Crippen LogP contribution < -0.4 is 0 Å². The Morgan fingerprint density at radius 3 is 2.27 bits per heavy atom. The molecule has 6 heteroatoms. The van der Waals surface area contributed by atoms with Gasteiger partial charge in [-0.1, -0.05) is 20.4 Å². The SMILES string of the molecule is C=C(C)C(=O)OCC(C#N)CC[N+](C)(C)CCC(=O)O.CC. The summed E-state index contributed by atoms with van der Waals surface area (Å²) in [5.41, 5.74) is 0.305. The van der Waals surface area contributed by atoms with Gasteiger partial charge in [-0.15, -0.1) is 0 Å². The molecule has 0 heterocycles. The van der Waals surface area contributed by atoms with E-state index < -0.39 is 11.9 Å². The molecule has 0 saturated heterocycles. The second-order valence-corrected chi connectivity index (χ2v) is 5.52. The molecule has 0 aliphatic heterocycles. The first-order valence-corrected chi connectivity index (χ1v) is 7.44. The summed E-state index contributed by atoms with van der Waals surface area (Å²) in [6.07, 6.45) is 0.640. The third-order valence-electron chi connectivity index (χ3n) is 2.96. The second-order valence-electron chi connectivity index (χ2n) is 5.52. The van der Waals surface area contributed by atoms with Crippen LogP contribution in [0.1, 0.15) is 33.6 Å². The molecule has 0 fully saturated rings. The number of carbonyl (C=O) groups excluding carboxylic acids is 1. The lowest BCUT2D eigenvalue weighted by molar-refractivity contribution is -0.890. The topological polar surface area (TPSA) is 87.4 Å². The molecule has 0 saturated carbocycles. The van der Waals surface area contributed by atoms with Gasteiger partial charge in [-0.3, -0.25) is 4.79 Å². The number of esters is 1. The molecule has 0 aromatic rings. The van der Waals surface area contributed by atoms with Crippen LogP contribution in [0.3, 0.4) is 0 Å². The Labute approximate surface area is 133 Å². The zero-order valence-electron chi connectivity index (χ0n) is 14.4. The quantitative estimate of drug-likeness (QED) is 0.400. The van der Waals surface area contributed by atoms with Crippen molar-refractivity contribution in [3.8, 4) is 6.07 Å². The van der Waals surface area contributed by atoms with E-state index >= 15 is 0 Å². The number of rotatable bonds is 9. The number of hydrogen-bond acceptors (Lipinski definition) is 4. The highest BCUT2D eigenvalue weighted by Crippen LogP contribution is 2.09. The normalized spacial score (nSPS) is 11.5. The first kappa shape index (κ1) is 22.4. The van der Waals surface area contributed by atoms with Crippen LogP contribution >= 0.6 is 0 Å². The first-order chi connectivity index (χ1) is 10.2. The summed E-state index contributed by atoms with van der Waals surface area (Å²) >= 11 is 0. The summed E-state index contributed by atoms with van der Waals surface area (Å²) in [4.78, 5) is 21.8. The van der Waals surface area contributed by atoms with E-state index in [2.05, 4.69) is 12.6 Å². The minimum atomic E-state index is -0.830. The third kappa shape index (κ3) is 11.9. The van der Waals surface area contributed by atoms with E-state index in [9.17, 15) is 9.59 Å². The molecule has 6 nitrogen and oxygen atoms in total. The molecule has 0 bridgehead atoms. The van der Waals surface area contributed by atoms with Crippen LogP contribution in [0.4, 0.5) is 0 Å². The molecule has 0 spiro atoms. The first-order valence-electron chi connectivity index (χ1n) is 7.44. The monoisotopic (exact) mass is 313 g/mol. The maximum absolute atomic E-state index is 11.2. The predicted octanol–water partition coefficient (Wildman–Crippen LogP) is 2.21. The molecular formula is C16H29N2O4+. The van der Waals surface area contributed by atoms with Crippen molar-refractivity contribution in [1.29, 1.82) is 5.26 Å². The van der Waals surface area contributed by atoms with Gasteiger partial charge >= 0.3 is 11.9 Å². The second kappa shape index (κ2) is 11.8. The van der Waals surface area contributed by atoms with E-state index in [1.165, 1.54) is 0 Å². The molecule has 0 radical (unpaired) electrons. The number of hydrogen-bond donors (Lipinski definition) is 1. The number of carbonyl (C=O) groups is 2. The zero-order chi connectivity index (χ0) is 17.8. The Hall–Kier alpha value is -1.87. The third-order valence-corrected chi connectivity index (χ3v) is 2.96. The van der Waals surface area contributed by atoms with Gasteiger partial charge < -0.3 is 14.3 Å². The van der Waals surface area contributed by atoms with E-state index in [0.717, 1.165) is 0 Å². The van der Waals surface area contributed by atoms with Crippen LogP contribution in [-0.2, 0) is 14.3 Å². The largest absolute Gasteiger partial charge is 0.481 e. The number of nitriles is 1. The molecule has 0 amide bonds. The van der Waals surface area contributed by atoms with E-state index in [4.69, 9.17) is 15.1 Å². The van der Waals surface area contributed by atoms with E-state index in [0.29, 0.717) is 29.6 Å². The van der Waals surface area contributed by atoms with Crippen molar-refractivity contribution in [2.24, 2.45) is 5.92 Å². The molecule has 1 unspecified atom stereocenters. The molecule has 126 valence electrons. The summed E-state index contributed by atoms with van der Waals surface area (Å²) in [5, 5.41) is 17.7. The number of nitrogens with zero attached hydrogens (tertiary/aromatic N) is 2. The predicted molar refractivity (Wildman–Crippen MR) is 84.9 cm³/mol. The van der Waals surface area contributed by atoms with E-state index in [-0.39, 0.29) is 18.9 Å². The van der Waals surface area contributed by atoms with Crippen molar-refractivity contribution in [2.75, 3.05) is 33.8 Å². The number of ether oxygens (including phenoxy) is 1. The Morgan fingerprint density at radius 2 is 1.86 bits per heavy atom. The maximum Gasteiger partial charge on any atom is 0.333 e. The van der Waals surface area contributed by atoms with E-state index in [1.807, 2.05) is 27.9 Å². The van der Waals surface area contributed by atoms with Crippen LogP contribution in [-0.4, -0.2) is 55.3 Å². The smallest absolute Gasteiger partial charge is 0.333 e. The minimum Gasteiger partial charge on any atom is -0.481 e. The Bertz CT molecular complexity index is 411. The lowest BCUT2D eigenvalue weighted by Crippen LogP contribution is -2.42. The summed E-state index contributed by atoms with van der Waals surface area (Å²) in [6.45, 7) is 10.2. The highest BCUT2D eigenvalue weighted by molar-refractivity contribution is 5.86. The summed E-state index contributed by atoms with van der Waals surface area (Å²) in [6, 6.07) is 2.10. The molecule has 1 atom stereocenters. The fourth-order valence-electron chi connectivity index (χ4n) is 1.50. The average Bonchev–Trinajstić information content (AvgIpc) is 2.47. The summed E-state index contributed by atoms with van der Waals surface area (Å²) in [7, 11) is 3.83. The van der Waals surface area contributed by atoms with Gasteiger partial charge in [0.25, 0.3) is 0 Å². The fourth-order valence-corrected chi connectivity index (χ4v) is 1.50. The van der Waals surface area contributed by atoms with Crippen LogP contribution in [0, 0.1) is 17.2 Å². The highest BCUT2D eigenvalue weighted by Gasteiger charge is 2.20. The number of carboxylic acid groups (broad SMARTS) is 1. The van der Waals surface area contributed by atoms with Crippen molar-refractivity contribution >= 4 is 11.9 Å². The van der Waals surface area contributed by atoms with Crippen molar-refractivity contribution < 1.29 is 23.9 Å². The van der Waals surface area contributed by atoms with Crippen molar-refractivity contribution in [1.82, 2.24) is 0 Å². The molecule has 0 aliphatic rings. The van der Waals surface area contributed by atoms with Crippen LogP contribution in [0.25, 0.3) is 0 Å². The van der Waals surface area contributed by atoms with Gasteiger partial charge in [0.1, 0.15) is 6.61 Å². The number of aliphatic carboxylic acids is 1. The Balaban J connectivity index is 0.